The number of sulfonamides is 1. The number of anilines is 2. The normalized spacial score (nSPS) is 17.2. The van der Waals surface area contributed by atoms with Crippen LogP contribution in [0.15, 0.2) is 41.3 Å². The van der Waals surface area contributed by atoms with Crippen molar-refractivity contribution in [2.24, 2.45) is 0 Å². The van der Waals surface area contributed by atoms with E-state index in [1.54, 1.807) is 37.3 Å². The Bertz CT molecular complexity index is 1110. The molecular formula is C21H23N3O5S. The highest BCUT2D eigenvalue weighted by Crippen LogP contribution is 2.26. The Morgan fingerprint density at radius 1 is 1.10 bits per heavy atom. The van der Waals surface area contributed by atoms with Gasteiger partial charge in [0, 0.05) is 36.4 Å². The molecule has 2 N–H and O–H groups in total. The quantitative estimate of drug-likeness (QED) is 0.775. The van der Waals surface area contributed by atoms with Gasteiger partial charge in [-0.1, -0.05) is 6.07 Å². The lowest BCUT2D eigenvalue weighted by Gasteiger charge is -2.26. The topological polar surface area (TPSA) is 105 Å². The number of amides is 2. The van der Waals surface area contributed by atoms with Gasteiger partial charge in [-0.2, -0.15) is 4.31 Å². The first-order chi connectivity index (χ1) is 14.3. The monoisotopic (exact) mass is 429 g/mol. The molecule has 0 radical (unpaired) electrons. The number of carbonyl (C=O) groups excluding carboxylic acids is 2. The highest BCUT2D eigenvalue weighted by molar-refractivity contribution is 7.89. The molecular weight excluding hydrogens is 406 g/mol. The van der Waals surface area contributed by atoms with Gasteiger partial charge < -0.3 is 15.4 Å². The van der Waals surface area contributed by atoms with E-state index in [-0.39, 0.29) is 16.7 Å². The summed E-state index contributed by atoms with van der Waals surface area (Å²) in [5.74, 6) is -0.373. The van der Waals surface area contributed by atoms with Crippen molar-refractivity contribution < 1.29 is 22.7 Å². The third-order valence-electron chi connectivity index (χ3n) is 5.30. The molecule has 8 nitrogen and oxygen atoms in total. The molecule has 1 saturated heterocycles. The molecule has 0 bridgehead atoms. The van der Waals surface area contributed by atoms with Gasteiger partial charge in [-0.25, -0.2) is 8.42 Å². The Labute approximate surface area is 175 Å². The van der Waals surface area contributed by atoms with Gasteiger partial charge in [-0.3, -0.25) is 9.59 Å². The Morgan fingerprint density at radius 2 is 1.87 bits per heavy atom. The van der Waals surface area contributed by atoms with Gasteiger partial charge in [0.25, 0.3) is 5.91 Å². The van der Waals surface area contributed by atoms with Gasteiger partial charge in [-0.15, -0.1) is 0 Å². The van der Waals surface area contributed by atoms with Gasteiger partial charge in [-0.05, 0) is 54.8 Å². The maximum Gasteiger partial charge on any atom is 0.255 e. The molecule has 1 fully saturated rings. The molecule has 2 aliphatic heterocycles. The minimum atomic E-state index is -3.67. The number of aryl methyl sites for hydroxylation is 2. The predicted octanol–water partition coefficient (Wildman–Crippen LogP) is 2.15. The average Bonchev–Trinajstić information content (AvgIpc) is 2.75. The van der Waals surface area contributed by atoms with E-state index in [0.717, 1.165) is 11.3 Å². The summed E-state index contributed by atoms with van der Waals surface area (Å²) >= 11 is 0. The molecule has 0 saturated carbocycles. The third kappa shape index (κ3) is 4.09. The minimum Gasteiger partial charge on any atom is -0.379 e. The number of ether oxygens (including phenoxy) is 1. The van der Waals surface area contributed by atoms with Crippen molar-refractivity contribution in [3.05, 3.63) is 53.1 Å². The van der Waals surface area contributed by atoms with E-state index < -0.39 is 10.0 Å². The van der Waals surface area contributed by atoms with Gasteiger partial charge >= 0.3 is 0 Å². The summed E-state index contributed by atoms with van der Waals surface area (Å²) in [6, 6.07) is 9.97. The molecule has 0 aliphatic carbocycles. The van der Waals surface area contributed by atoms with Gasteiger partial charge in [0.1, 0.15) is 0 Å². The van der Waals surface area contributed by atoms with E-state index >= 15 is 0 Å². The highest BCUT2D eigenvalue weighted by atomic mass is 32.2. The molecule has 2 aromatic rings. The van der Waals surface area contributed by atoms with Crippen LogP contribution in [0.2, 0.25) is 0 Å². The lowest BCUT2D eigenvalue weighted by Crippen LogP contribution is -2.40. The Kier molecular flexibility index (Phi) is 5.59. The molecule has 9 heteroatoms. The lowest BCUT2D eigenvalue weighted by atomic mass is 10.00. The summed E-state index contributed by atoms with van der Waals surface area (Å²) in [5.41, 5.74) is 3.09. The predicted molar refractivity (Wildman–Crippen MR) is 112 cm³/mol. The maximum atomic E-state index is 13.0. The van der Waals surface area contributed by atoms with Crippen LogP contribution in [0.5, 0.6) is 0 Å². The molecule has 4 rings (SSSR count). The molecule has 30 heavy (non-hydrogen) atoms. The number of hydrogen-bond acceptors (Lipinski definition) is 5. The van der Waals surface area contributed by atoms with Crippen LogP contribution in [0.4, 0.5) is 11.4 Å². The summed E-state index contributed by atoms with van der Waals surface area (Å²) in [6.45, 7) is 3.09. The van der Waals surface area contributed by atoms with E-state index in [1.165, 1.54) is 10.4 Å². The number of morpholine rings is 1. The van der Waals surface area contributed by atoms with Crippen LogP contribution in [0.1, 0.15) is 27.9 Å². The van der Waals surface area contributed by atoms with Crippen LogP contribution in [0.25, 0.3) is 0 Å². The van der Waals surface area contributed by atoms with Crippen LogP contribution in [-0.2, 0) is 26.0 Å². The highest BCUT2D eigenvalue weighted by Gasteiger charge is 2.28. The standard InChI is InChI=1S/C21H23N3O5S/c1-14-2-5-17(13-19(14)30(27,28)24-8-10-29-11-9-24)22-21(26)16-3-6-18-15(12-16)4-7-20(25)23-18/h2-3,5-6,12-13H,4,7-11H2,1H3,(H,22,26)(H,23,25). The summed E-state index contributed by atoms with van der Waals surface area (Å²) in [6.07, 6.45) is 0.966. The summed E-state index contributed by atoms with van der Waals surface area (Å²) in [5, 5.41) is 5.57. The van der Waals surface area contributed by atoms with E-state index in [0.29, 0.717) is 56.0 Å². The molecule has 0 spiro atoms. The van der Waals surface area contributed by atoms with Gasteiger partial charge in [0.15, 0.2) is 0 Å². The van der Waals surface area contributed by atoms with Crippen LogP contribution < -0.4 is 10.6 Å². The molecule has 0 aromatic heterocycles. The molecule has 2 aromatic carbocycles. The fourth-order valence-corrected chi connectivity index (χ4v) is 5.27. The van der Waals surface area contributed by atoms with Gasteiger partial charge in [0.2, 0.25) is 15.9 Å². The number of carbonyl (C=O) groups is 2. The number of nitrogens with one attached hydrogen (secondary N) is 2. The van der Waals surface area contributed by atoms with Crippen LogP contribution in [0.3, 0.4) is 0 Å². The Morgan fingerprint density at radius 3 is 2.63 bits per heavy atom. The molecule has 0 atom stereocenters. The molecule has 2 heterocycles. The number of fused-ring (bicyclic) bond motifs is 1. The molecule has 158 valence electrons. The van der Waals surface area contributed by atoms with Crippen molar-refractivity contribution in [3.8, 4) is 0 Å². The first-order valence-electron chi connectivity index (χ1n) is 9.77. The summed E-state index contributed by atoms with van der Waals surface area (Å²) in [7, 11) is -3.67. The summed E-state index contributed by atoms with van der Waals surface area (Å²) < 4.78 is 32.7. The number of nitrogens with zero attached hydrogens (tertiary/aromatic N) is 1. The number of benzene rings is 2. The molecule has 0 unspecified atom stereocenters. The zero-order chi connectivity index (χ0) is 21.3. The van der Waals surface area contributed by atoms with Crippen molar-refractivity contribution >= 4 is 33.2 Å². The zero-order valence-electron chi connectivity index (χ0n) is 16.6. The second-order valence-corrected chi connectivity index (χ2v) is 9.28. The van der Waals surface area contributed by atoms with Gasteiger partial charge in [0.05, 0.1) is 18.1 Å². The minimum absolute atomic E-state index is 0.0339. The van der Waals surface area contributed by atoms with Crippen molar-refractivity contribution in [3.63, 3.8) is 0 Å². The first kappa shape index (κ1) is 20.5. The Hall–Kier alpha value is -2.75. The summed E-state index contributed by atoms with van der Waals surface area (Å²) in [4.78, 5) is 24.4. The van der Waals surface area contributed by atoms with E-state index in [1.807, 2.05) is 0 Å². The third-order valence-corrected chi connectivity index (χ3v) is 7.34. The molecule has 2 amide bonds. The van der Waals surface area contributed by atoms with Crippen LogP contribution in [0, 0.1) is 6.92 Å². The van der Waals surface area contributed by atoms with Crippen LogP contribution >= 0.6 is 0 Å². The second-order valence-electron chi connectivity index (χ2n) is 7.37. The molecule has 2 aliphatic rings. The number of rotatable bonds is 4. The van der Waals surface area contributed by atoms with E-state index in [2.05, 4.69) is 10.6 Å². The Balaban J connectivity index is 1.56. The van der Waals surface area contributed by atoms with E-state index in [4.69, 9.17) is 4.74 Å². The average molecular weight is 429 g/mol. The zero-order valence-corrected chi connectivity index (χ0v) is 17.4. The van der Waals surface area contributed by atoms with Crippen molar-refractivity contribution in [1.82, 2.24) is 4.31 Å². The van der Waals surface area contributed by atoms with Crippen molar-refractivity contribution in [1.29, 1.82) is 0 Å². The fourth-order valence-electron chi connectivity index (χ4n) is 3.61. The lowest BCUT2D eigenvalue weighted by molar-refractivity contribution is -0.116. The number of hydrogen-bond donors (Lipinski definition) is 2. The largest absolute Gasteiger partial charge is 0.379 e. The van der Waals surface area contributed by atoms with Crippen molar-refractivity contribution in [2.45, 2.75) is 24.7 Å². The van der Waals surface area contributed by atoms with E-state index in [9.17, 15) is 18.0 Å². The maximum absolute atomic E-state index is 13.0. The smallest absolute Gasteiger partial charge is 0.255 e. The second kappa shape index (κ2) is 8.17. The van der Waals surface area contributed by atoms with Crippen molar-refractivity contribution in [2.75, 3.05) is 36.9 Å². The first-order valence-corrected chi connectivity index (χ1v) is 11.2. The van der Waals surface area contributed by atoms with Crippen LogP contribution in [-0.4, -0.2) is 50.8 Å². The fraction of sp³-hybridized carbons (Fsp3) is 0.333. The SMILES string of the molecule is Cc1ccc(NC(=O)c2ccc3c(c2)CCC(=O)N3)cc1S(=O)(=O)N1CCOCC1.